The van der Waals surface area contributed by atoms with Crippen LogP contribution in [-0.2, 0) is 9.59 Å². The van der Waals surface area contributed by atoms with Gasteiger partial charge in [-0.15, -0.1) is 0 Å². The van der Waals surface area contributed by atoms with Crippen LogP contribution < -0.4 is 10.6 Å². The van der Waals surface area contributed by atoms with Gasteiger partial charge in [0.1, 0.15) is 0 Å². The third-order valence-corrected chi connectivity index (χ3v) is 6.08. The molecule has 0 aromatic rings. The van der Waals surface area contributed by atoms with E-state index >= 15 is 0 Å². The maximum absolute atomic E-state index is 12.3. The zero-order chi connectivity index (χ0) is 17.0. The van der Waals surface area contributed by atoms with Gasteiger partial charge in [-0.25, -0.2) is 0 Å². The lowest BCUT2D eigenvalue weighted by Crippen LogP contribution is -2.62. The molecule has 6 nitrogen and oxygen atoms in total. The summed E-state index contributed by atoms with van der Waals surface area (Å²) in [6.45, 7) is 2.95. The summed E-state index contributed by atoms with van der Waals surface area (Å²) in [6.07, 6.45) is 7.89. The van der Waals surface area contributed by atoms with Crippen molar-refractivity contribution in [3.05, 3.63) is 0 Å². The average Bonchev–Trinajstić information content (AvgIpc) is 2.60. The van der Waals surface area contributed by atoms with E-state index in [4.69, 9.17) is 0 Å². The van der Waals surface area contributed by atoms with Crippen LogP contribution >= 0.6 is 0 Å². The first kappa shape index (κ1) is 17.7. The van der Waals surface area contributed by atoms with Crippen LogP contribution in [0.2, 0.25) is 0 Å². The smallest absolute Gasteiger partial charge is 0.234 e. The molecular weight excluding hydrogens is 306 g/mol. The van der Waals surface area contributed by atoms with E-state index in [1.807, 2.05) is 4.90 Å². The summed E-state index contributed by atoms with van der Waals surface area (Å²) < 4.78 is 0. The van der Waals surface area contributed by atoms with E-state index in [1.54, 1.807) is 0 Å². The SMILES string of the molecule is O=C(CN1CCC(O)[C@@]2(CCCNC2=O)C1)NCC1CCCCC1. The van der Waals surface area contributed by atoms with Crippen molar-refractivity contribution in [1.82, 2.24) is 15.5 Å². The third kappa shape index (κ3) is 3.91. The van der Waals surface area contributed by atoms with Crippen LogP contribution in [0.5, 0.6) is 0 Å². The molecule has 1 unspecified atom stereocenters. The number of likely N-dealkylation sites (tertiary alicyclic amines) is 1. The van der Waals surface area contributed by atoms with E-state index < -0.39 is 11.5 Å². The number of hydrogen-bond donors (Lipinski definition) is 3. The summed E-state index contributed by atoms with van der Waals surface area (Å²) in [5, 5.41) is 16.4. The van der Waals surface area contributed by atoms with Gasteiger partial charge in [-0.1, -0.05) is 19.3 Å². The fourth-order valence-electron chi connectivity index (χ4n) is 4.57. The normalized spacial score (nSPS) is 32.5. The maximum atomic E-state index is 12.3. The van der Waals surface area contributed by atoms with Gasteiger partial charge in [0.2, 0.25) is 11.8 Å². The number of rotatable bonds is 4. The van der Waals surface area contributed by atoms with Crippen molar-refractivity contribution in [2.24, 2.45) is 11.3 Å². The second-order valence-electron chi connectivity index (χ2n) is 7.84. The molecule has 6 heteroatoms. The van der Waals surface area contributed by atoms with Crippen molar-refractivity contribution in [2.45, 2.75) is 57.5 Å². The quantitative estimate of drug-likeness (QED) is 0.703. The zero-order valence-electron chi connectivity index (χ0n) is 14.6. The summed E-state index contributed by atoms with van der Waals surface area (Å²) in [5.41, 5.74) is -0.722. The molecule has 2 aliphatic heterocycles. The predicted octanol–water partition coefficient (Wildman–Crippen LogP) is 0.646. The molecule has 1 spiro atoms. The van der Waals surface area contributed by atoms with Gasteiger partial charge in [-0.3, -0.25) is 14.5 Å². The molecule has 3 aliphatic rings. The molecule has 0 bridgehead atoms. The number of hydrogen-bond acceptors (Lipinski definition) is 4. The molecule has 2 saturated heterocycles. The highest BCUT2D eigenvalue weighted by molar-refractivity contribution is 5.84. The van der Waals surface area contributed by atoms with Gasteiger partial charge < -0.3 is 15.7 Å². The Balaban J connectivity index is 1.49. The highest BCUT2D eigenvalue weighted by atomic mass is 16.3. The number of carbonyl (C=O) groups excluding carboxylic acids is 2. The van der Waals surface area contributed by atoms with Crippen molar-refractivity contribution in [3.8, 4) is 0 Å². The van der Waals surface area contributed by atoms with E-state index in [2.05, 4.69) is 10.6 Å². The molecule has 3 rings (SSSR count). The molecule has 136 valence electrons. The molecular formula is C18H31N3O3. The van der Waals surface area contributed by atoms with Crippen molar-refractivity contribution >= 4 is 11.8 Å². The third-order valence-electron chi connectivity index (χ3n) is 6.08. The number of nitrogens with one attached hydrogen (secondary N) is 2. The standard InChI is InChI=1S/C18H31N3O3/c22-15-7-10-21(13-18(15)8-4-9-19-17(18)24)12-16(23)20-11-14-5-2-1-3-6-14/h14-15,22H,1-13H2,(H,19,24)(H,20,23)/t15?,18-/m1/s1. The molecule has 1 saturated carbocycles. The lowest BCUT2D eigenvalue weighted by Gasteiger charge is -2.46. The van der Waals surface area contributed by atoms with E-state index in [9.17, 15) is 14.7 Å². The number of amides is 2. The predicted molar refractivity (Wildman–Crippen MR) is 91.3 cm³/mol. The molecule has 2 amide bonds. The molecule has 0 aromatic heterocycles. The zero-order valence-corrected chi connectivity index (χ0v) is 14.6. The highest BCUT2D eigenvalue weighted by Crippen LogP contribution is 2.37. The first-order chi connectivity index (χ1) is 11.6. The molecule has 0 radical (unpaired) electrons. The first-order valence-electron chi connectivity index (χ1n) is 9.55. The summed E-state index contributed by atoms with van der Waals surface area (Å²) >= 11 is 0. The Labute approximate surface area is 144 Å². The molecule has 0 aromatic carbocycles. The molecule has 24 heavy (non-hydrogen) atoms. The minimum absolute atomic E-state index is 0.0448. The number of nitrogens with zero attached hydrogens (tertiary/aromatic N) is 1. The van der Waals surface area contributed by atoms with E-state index in [0.717, 1.165) is 13.0 Å². The van der Waals surface area contributed by atoms with Gasteiger partial charge in [-0.05, 0) is 38.0 Å². The maximum Gasteiger partial charge on any atom is 0.234 e. The van der Waals surface area contributed by atoms with E-state index in [-0.39, 0.29) is 11.8 Å². The molecule has 3 N–H and O–H groups in total. The molecule has 1 aliphatic carbocycles. The number of piperidine rings is 2. The van der Waals surface area contributed by atoms with E-state index in [1.165, 1.54) is 32.1 Å². The number of aliphatic hydroxyl groups excluding tert-OH is 1. The second kappa shape index (κ2) is 7.83. The van der Waals surface area contributed by atoms with Gasteiger partial charge in [-0.2, -0.15) is 0 Å². The largest absolute Gasteiger partial charge is 0.392 e. The lowest BCUT2D eigenvalue weighted by molar-refractivity contribution is -0.150. The van der Waals surface area contributed by atoms with Crippen LogP contribution in [0.3, 0.4) is 0 Å². The summed E-state index contributed by atoms with van der Waals surface area (Å²) in [6, 6.07) is 0. The lowest BCUT2D eigenvalue weighted by atomic mass is 9.71. The summed E-state index contributed by atoms with van der Waals surface area (Å²) in [7, 11) is 0. The van der Waals surface area contributed by atoms with Gasteiger partial charge in [0, 0.05) is 26.2 Å². The Bertz CT molecular complexity index is 464. The van der Waals surface area contributed by atoms with Crippen LogP contribution in [0.1, 0.15) is 51.4 Å². The Morgan fingerprint density at radius 3 is 2.79 bits per heavy atom. The fourth-order valence-corrected chi connectivity index (χ4v) is 4.57. The van der Waals surface area contributed by atoms with Gasteiger partial charge >= 0.3 is 0 Å². The molecule has 2 heterocycles. The van der Waals surface area contributed by atoms with Crippen LogP contribution in [-0.4, -0.2) is 60.6 Å². The minimum Gasteiger partial charge on any atom is -0.392 e. The monoisotopic (exact) mass is 337 g/mol. The summed E-state index contributed by atoms with van der Waals surface area (Å²) in [4.78, 5) is 26.7. The van der Waals surface area contributed by atoms with Crippen LogP contribution in [0.4, 0.5) is 0 Å². The van der Waals surface area contributed by atoms with Crippen molar-refractivity contribution in [1.29, 1.82) is 0 Å². The molecule has 3 fully saturated rings. The van der Waals surface area contributed by atoms with Crippen molar-refractivity contribution < 1.29 is 14.7 Å². The van der Waals surface area contributed by atoms with Crippen LogP contribution in [0.15, 0.2) is 0 Å². The van der Waals surface area contributed by atoms with Crippen LogP contribution in [0, 0.1) is 11.3 Å². The van der Waals surface area contributed by atoms with Crippen LogP contribution in [0.25, 0.3) is 0 Å². The second-order valence-corrected chi connectivity index (χ2v) is 7.84. The Kier molecular flexibility index (Phi) is 5.76. The van der Waals surface area contributed by atoms with Gasteiger partial charge in [0.15, 0.2) is 0 Å². The first-order valence-corrected chi connectivity index (χ1v) is 9.55. The highest BCUT2D eigenvalue weighted by Gasteiger charge is 2.49. The van der Waals surface area contributed by atoms with Gasteiger partial charge in [0.05, 0.1) is 18.1 Å². The number of aliphatic hydroxyl groups is 1. The van der Waals surface area contributed by atoms with Crippen molar-refractivity contribution in [2.75, 3.05) is 32.7 Å². The minimum atomic E-state index is -0.722. The average molecular weight is 337 g/mol. The topological polar surface area (TPSA) is 81.7 Å². The molecule has 2 atom stereocenters. The Hall–Kier alpha value is -1.14. The van der Waals surface area contributed by atoms with E-state index in [0.29, 0.717) is 44.9 Å². The summed E-state index contributed by atoms with van der Waals surface area (Å²) in [5.74, 6) is 0.623. The Morgan fingerprint density at radius 2 is 2.04 bits per heavy atom. The Morgan fingerprint density at radius 1 is 1.25 bits per heavy atom. The fraction of sp³-hybridized carbons (Fsp3) is 0.889. The number of carbonyl (C=O) groups is 2. The van der Waals surface area contributed by atoms with Crippen molar-refractivity contribution in [3.63, 3.8) is 0 Å². The van der Waals surface area contributed by atoms with Gasteiger partial charge in [0.25, 0.3) is 0 Å².